The zero-order valence-electron chi connectivity index (χ0n) is 13.5. The highest BCUT2D eigenvalue weighted by Gasteiger charge is 2.10. The Balaban J connectivity index is 2.20. The fourth-order valence-corrected chi connectivity index (χ4v) is 2.56. The molecule has 0 spiro atoms. The van der Waals surface area contributed by atoms with Crippen molar-refractivity contribution < 1.29 is 0 Å². The van der Waals surface area contributed by atoms with Gasteiger partial charge >= 0.3 is 0 Å². The van der Waals surface area contributed by atoms with E-state index in [9.17, 15) is 0 Å². The van der Waals surface area contributed by atoms with Crippen molar-refractivity contribution in [3.8, 4) is 0 Å². The first-order valence-electron chi connectivity index (χ1n) is 7.95. The van der Waals surface area contributed by atoms with Gasteiger partial charge in [0.25, 0.3) is 0 Å². The summed E-state index contributed by atoms with van der Waals surface area (Å²) in [5.74, 6) is 1.83. The van der Waals surface area contributed by atoms with Crippen molar-refractivity contribution in [3.63, 3.8) is 0 Å². The minimum absolute atomic E-state index is 0.684. The summed E-state index contributed by atoms with van der Waals surface area (Å²) >= 11 is 0. The quantitative estimate of drug-likeness (QED) is 0.593. The molecule has 1 aromatic carbocycles. The maximum absolute atomic E-state index is 4.83. The number of fused-ring (bicyclic) bond motifs is 1. The third kappa shape index (κ3) is 3.94. The molecule has 1 aromatic heterocycles. The van der Waals surface area contributed by atoms with Gasteiger partial charge in [0.15, 0.2) is 0 Å². The van der Waals surface area contributed by atoms with Gasteiger partial charge in [-0.25, -0.2) is 4.98 Å². The lowest BCUT2D eigenvalue weighted by Crippen LogP contribution is -2.23. The SMILES string of the molecule is C=CCn1c(CCNCC(C)C)nc2cc(CC)ccc21. The minimum Gasteiger partial charge on any atom is -0.324 e. The van der Waals surface area contributed by atoms with Crippen molar-refractivity contribution in [2.24, 2.45) is 5.92 Å². The third-order valence-corrected chi connectivity index (χ3v) is 3.69. The number of aryl methyl sites for hydroxylation is 1. The maximum Gasteiger partial charge on any atom is 0.111 e. The van der Waals surface area contributed by atoms with E-state index >= 15 is 0 Å². The molecule has 0 unspecified atom stereocenters. The number of imidazole rings is 1. The summed E-state index contributed by atoms with van der Waals surface area (Å²) < 4.78 is 2.28. The highest BCUT2D eigenvalue weighted by Crippen LogP contribution is 2.19. The first-order valence-corrected chi connectivity index (χ1v) is 7.95. The van der Waals surface area contributed by atoms with Gasteiger partial charge in [0.05, 0.1) is 11.0 Å². The van der Waals surface area contributed by atoms with Crippen LogP contribution in [0.25, 0.3) is 11.0 Å². The molecule has 2 aromatic rings. The van der Waals surface area contributed by atoms with E-state index in [4.69, 9.17) is 4.98 Å². The average Bonchev–Trinajstić information content (AvgIpc) is 2.81. The van der Waals surface area contributed by atoms with Crippen LogP contribution in [0.1, 0.15) is 32.2 Å². The van der Waals surface area contributed by atoms with Crippen LogP contribution in [0.15, 0.2) is 30.9 Å². The number of hydrogen-bond donors (Lipinski definition) is 1. The molecule has 0 bridgehead atoms. The Kier molecular flexibility index (Phi) is 5.57. The summed E-state index contributed by atoms with van der Waals surface area (Å²) in [6.07, 6.45) is 3.95. The van der Waals surface area contributed by atoms with Crippen molar-refractivity contribution in [1.29, 1.82) is 0 Å². The van der Waals surface area contributed by atoms with Gasteiger partial charge in [-0.05, 0) is 36.6 Å². The number of benzene rings is 1. The second-order valence-corrected chi connectivity index (χ2v) is 5.95. The Hall–Kier alpha value is -1.61. The molecule has 3 nitrogen and oxygen atoms in total. The molecule has 0 aliphatic carbocycles. The van der Waals surface area contributed by atoms with Gasteiger partial charge in [-0.2, -0.15) is 0 Å². The molecule has 1 N–H and O–H groups in total. The van der Waals surface area contributed by atoms with Crippen LogP contribution >= 0.6 is 0 Å². The number of allylic oxidation sites excluding steroid dienone is 1. The smallest absolute Gasteiger partial charge is 0.111 e. The lowest BCUT2D eigenvalue weighted by atomic mass is 10.1. The van der Waals surface area contributed by atoms with Crippen LogP contribution in [0, 0.1) is 5.92 Å². The zero-order chi connectivity index (χ0) is 15.2. The Labute approximate surface area is 128 Å². The molecule has 0 amide bonds. The van der Waals surface area contributed by atoms with E-state index < -0.39 is 0 Å². The Bertz CT molecular complexity index is 596. The van der Waals surface area contributed by atoms with Crippen LogP contribution < -0.4 is 5.32 Å². The summed E-state index contributed by atoms with van der Waals surface area (Å²) in [7, 11) is 0. The van der Waals surface area contributed by atoms with Crippen molar-refractivity contribution in [1.82, 2.24) is 14.9 Å². The van der Waals surface area contributed by atoms with Gasteiger partial charge in [0, 0.05) is 19.5 Å². The molecule has 0 fully saturated rings. The molecule has 3 heteroatoms. The predicted molar refractivity (Wildman–Crippen MR) is 90.7 cm³/mol. The van der Waals surface area contributed by atoms with Gasteiger partial charge in [-0.3, -0.25) is 0 Å². The highest BCUT2D eigenvalue weighted by molar-refractivity contribution is 5.77. The van der Waals surface area contributed by atoms with Crippen LogP contribution in [0.4, 0.5) is 0 Å². The summed E-state index contributed by atoms with van der Waals surface area (Å²) in [4.78, 5) is 4.83. The van der Waals surface area contributed by atoms with E-state index in [-0.39, 0.29) is 0 Å². The summed E-state index contributed by atoms with van der Waals surface area (Å²) in [5, 5.41) is 3.49. The minimum atomic E-state index is 0.684. The van der Waals surface area contributed by atoms with Crippen molar-refractivity contribution >= 4 is 11.0 Å². The van der Waals surface area contributed by atoms with Crippen LogP contribution in [0.5, 0.6) is 0 Å². The van der Waals surface area contributed by atoms with Crippen molar-refractivity contribution in [2.75, 3.05) is 13.1 Å². The first-order chi connectivity index (χ1) is 10.2. The molecule has 114 valence electrons. The number of nitrogens with zero attached hydrogens (tertiary/aromatic N) is 2. The lowest BCUT2D eigenvalue weighted by molar-refractivity contribution is 0.547. The van der Waals surface area contributed by atoms with E-state index in [0.29, 0.717) is 5.92 Å². The number of aromatic nitrogens is 2. The molecule has 0 saturated heterocycles. The topological polar surface area (TPSA) is 29.9 Å². The largest absolute Gasteiger partial charge is 0.324 e. The second-order valence-electron chi connectivity index (χ2n) is 5.95. The number of hydrogen-bond acceptors (Lipinski definition) is 2. The van der Waals surface area contributed by atoms with E-state index in [1.54, 1.807) is 0 Å². The fourth-order valence-electron chi connectivity index (χ4n) is 2.56. The van der Waals surface area contributed by atoms with Crippen molar-refractivity contribution in [3.05, 3.63) is 42.2 Å². The van der Waals surface area contributed by atoms with E-state index in [2.05, 4.69) is 55.4 Å². The van der Waals surface area contributed by atoms with Gasteiger partial charge in [0.1, 0.15) is 5.82 Å². The Morgan fingerprint density at radius 2 is 2.19 bits per heavy atom. The summed E-state index contributed by atoms with van der Waals surface area (Å²) in [5.41, 5.74) is 3.66. The molecule has 1 heterocycles. The molecule has 0 aliphatic heterocycles. The van der Waals surface area contributed by atoms with Crippen LogP contribution in [0.3, 0.4) is 0 Å². The monoisotopic (exact) mass is 285 g/mol. The van der Waals surface area contributed by atoms with Gasteiger partial charge < -0.3 is 9.88 Å². The fraction of sp³-hybridized carbons (Fsp3) is 0.500. The number of nitrogens with one attached hydrogen (secondary N) is 1. The summed E-state index contributed by atoms with van der Waals surface area (Å²) in [6.45, 7) is 13.4. The second kappa shape index (κ2) is 7.41. The molecular formula is C18H27N3. The summed E-state index contributed by atoms with van der Waals surface area (Å²) in [6, 6.07) is 6.60. The normalized spacial score (nSPS) is 11.4. The molecule has 21 heavy (non-hydrogen) atoms. The van der Waals surface area contributed by atoms with E-state index in [1.165, 1.54) is 11.1 Å². The number of rotatable bonds is 8. The molecule has 0 atom stereocenters. The lowest BCUT2D eigenvalue weighted by Gasteiger charge is -2.09. The molecule has 2 rings (SSSR count). The van der Waals surface area contributed by atoms with Crippen LogP contribution in [-0.2, 0) is 19.4 Å². The van der Waals surface area contributed by atoms with Gasteiger partial charge in [0.2, 0.25) is 0 Å². The van der Waals surface area contributed by atoms with Crippen LogP contribution in [-0.4, -0.2) is 22.6 Å². The first kappa shape index (κ1) is 15.8. The molecule has 0 aliphatic rings. The highest BCUT2D eigenvalue weighted by atomic mass is 15.1. The average molecular weight is 285 g/mol. The predicted octanol–water partition coefficient (Wildman–Crippen LogP) is 3.57. The molecular weight excluding hydrogens is 258 g/mol. The van der Waals surface area contributed by atoms with E-state index in [0.717, 1.165) is 43.8 Å². The Morgan fingerprint density at radius 1 is 1.38 bits per heavy atom. The van der Waals surface area contributed by atoms with Crippen LogP contribution in [0.2, 0.25) is 0 Å². The van der Waals surface area contributed by atoms with E-state index in [1.807, 2.05) is 6.08 Å². The third-order valence-electron chi connectivity index (χ3n) is 3.69. The van der Waals surface area contributed by atoms with Gasteiger partial charge in [-0.1, -0.05) is 32.9 Å². The standard InChI is InChI=1S/C18H27N3/c1-5-11-21-17-8-7-15(6-2)12-16(17)20-18(21)9-10-19-13-14(3)4/h5,7-8,12,14,19H,1,6,9-11,13H2,2-4H3. The molecule has 0 saturated carbocycles. The van der Waals surface area contributed by atoms with Gasteiger partial charge in [-0.15, -0.1) is 6.58 Å². The zero-order valence-corrected chi connectivity index (χ0v) is 13.5. The maximum atomic E-state index is 4.83. The Morgan fingerprint density at radius 3 is 2.86 bits per heavy atom. The molecule has 0 radical (unpaired) electrons. The van der Waals surface area contributed by atoms with Crippen molar-refractivity contribution in [2.45, 2.75) is 40.2 Å².